The van der Waals surface area contributed by atoms with Crippen molar-refractivity contribution < 1.29 is 24.2 Å². The normalized spacial score (nSPS) is 15.8. The summed E-state index contributed by atoms with van der Waals surface area (Å²) in [5.74, 6) is -1.24. The predicted octanol–water partition coefficient (Wildman–Crippen LogP) is 2.58. The van der Waals surface area contributed by atoms with Crippen LogP contribution in [0.2, 0.25) is 0 Å². The van der Waals surface area contributed by atoms with Crippen LogP contribution < -0.4 is 4.74 Å². The first-order valence-corrected chi connectivity index (χ1v) is 7.52. The van der Waals surface area contributed by atoms with Crippen LogP contribution in [0.15, 0.2) is 16.6 Å². The van der Waals surface area contributed by atoms with Gasteiger partial charge in [0.1, 0.15) is 5.75 Å². The number of aliphatic carboxylic acids is 1. The molecule has 1 unspecified atom stereocenters. The third-order valence-electron chi connectivity index (χ3n) is 3.57. The molecule has 6 heteroatoms. The molecule has 5 nitrogen and oxygen atoms in total. The summed E-state index contributed by atoms with van der Waals surface area (Å²) in [6.45, 7) is 3.76. The van der Waals surface area contributed by atoms with Gasteiger partial charge in [0, 0.05) is 17.3 Å². The first-order chi connectivity index (χ1) is 9.88. The molecule has 0 aromatic heterocycles. The molecular formula is C15H17BrO5. The molecule has 21 heavy (non-hydrogen) atoms. The largest absolute Gasteiger partial charge is 0.493 e. The Labute approximate surface area is 131 Å². The highest BCUT2D eigenvalue weighted by Gasteiger charge is 2.44. The van der Waals surface area contributed by atoms with Gasteiger partial charge < -0.3 is 14.6 Å². The zero-order valence-electron chi connectivity index (χ0n) is 11.9. The summed E-state index contributed by atoms with van der Waals surface area (Å²) < 4.78 is 11.3. The van der Waals surface area contributed by atoms with Crippen molar-refractivity contribution in [1.29, 1.82) is 0 Å². The second kappa shape index (κ2) is 6.05. The van der Waals surface area contributed by atoms with Crippen molar-refractivity contribution >= 4 is 27.9 Å². The first-order valence-electron chi connectivity index (χ1n) is 6.73. The van der Waals surface area contributed by atoms with Gasteiger partial charge in [0.05, 0.1) is 13.2 Å². The van der Waals surface area contributed by atoms with E-state index in [9.17, 15) is 14.7 Å². The quantitative estimate of drug-likeness (QED) is 0.648. The van der Waals surface area contributed by atoms with E-state index in [4.69, 9.17) is 9.47 Å². The Morgan fingerprint density at radius 2 is 2.19 bits per heavy atom. The number of benzene rings is 1. The fourth-order valence-electron chi connectivity index (χ4n) is 2.38. The van der Waals surface area contributed by atoms with Crippen molar-refractivity contribution in [3.8, 4) is 5.75 Å². The van der Waals surface area contributed by atoms with Crippen molar-refractivity contribution in [3.63, 3.8) is 0 Å². The van der Waals surface area contributed by atoms with E-state index < -0.39 is 17.4 Å². The van der Waals surface area contributed by atoms with E-state index in [1.54, 1.807) is 13.0 Å². The lowest BCUT2D eigenvalue weighted by Crippen LogP contribution is -2.40. The molecule has 0 bridgehead atoms. The molecule has 0 spiro atoms. The fourth-order valence-corrected chi connectivity index (χ4v) is 2.94. The zero-order chi connectivity index (χ0) is 15.6. The molecule has 0 amide bonds. The molecule has 1 N–H and O–H groups in total. The minimum Gasteiger partial charge on any atom is -0.493 e. The topological polar surface area (TPSA) is 72.8 Å². The standard InChI is InChI=1S/C15H17BrO5/c1-3-20-14(19)15(2,13(17)18)8-10-7-11(16)6-9-4-5-21-12(9)10/h6-7H,3-5,8H2,1-2H3,(H,17,18). The second-order valence-corrected chi connectivity index (χ2v) is 6.10. The van der Waals surface area contributed by atoms with Crippen molar-refractivity contribution in [2.45, 2.75) is 26.7 Å². The summed E-state index contributed by atoms with van der Waals surface area (Å²) in [7, 11) is 0. The monoisotopic (exact) mass is 356 g/mol. The number of esters is 1. The summed E-state index contributed by atoms with van der Waals surface area (Å²) >= 11 is 3.41. The Bertz CT molecular complexity index is 584. The van der Waals surface area contributed by atoms with Gasteiger partial charge in [0.15, 0.2) is 5.41 Å². The minimum atomic E-state index is -1.63. The molecule has 0 aliphatic carbocycles. The van der Waals surface area contributed by atoms with Gasteiger partial charge in [0.25, 0.3) is 0 Å². The number of hydrogen-bond acceptors (Lipinski definition) is 4. The zero-order valence-corrected chi connectivity index (χ0v) is 13.5. The highest BCUT2D eigenvalue weighted by Crippen LogP contribution is 2.37. The van der Waals surface area contributed by atoms with Gasteiger partial charge in [-0.1, -0.05) is 15.9 Å². The van der Waals surface area contributed by atoms with Crippen LogP contribution in [0, 0.1) is 5.41 Å². The van der Waals surface area contributed by atoms with E-state index in [2.05, 4.69) is 15.9 Å². The summed E-state index contributed by atoms with van der Waals surface area (Å²) in [5, 5.41) is 9.46. The van der Waals surface area contributed by atoms with Gasteiger partial charge in [-0.25, -0.2) is 0 Å². The minimum absolute atomic E-state index is 0.0307. The molecule has 0 radical (unpaired) electrons. The number of carboxylic acids is 1. The van der Waals surface area contributed by atoms with Crippen LogP contribution in [0.4, 0.5) is 0 Å². The van der Waals surface area contributed by atoms with Gasteiger partial charge in [-0.15, -0.1) is 0 Å². The lowest BCUT2D eigenvalue weighted by Gasteiger charge is -2.23. The van der Waals surface area contributed by atoms with Crippen molar-refractivity contribution in [2.24, 2.45) is 5.41 Å². The number of carbonyl (C=O) groups excluding carboxylic acids is 1. The first kappa shape index (κ1) is 15.8. The average Bonchev–Trinajstić information content (AvgIpc) is 2.86. The summed E-state index contributed by atoms with van der Waals surface area (Å²) in [6, 6.07) is 3.75. The highest BCUT2D eigenvalue weighted by molar-refractivity contribution is 9.10. The van der Waals surface area contributed by atoms with Gasteiger partial charge in [-0.2, -0.15) is 0 Å². The molecule has 114 valence electrons. The van der Waals surface area contributed by atoms with Crippen LogP contribution in [0.1, 0.15) is 25.0 Å². The average molecular weight is 357 g/mol. The number of carboxylic acid groups (broad SMARTS) is 1. The lowest BCUT2D eigenvalue weighted by atomic mass is 9.83. The number of hydrogen-bond donors (Lipinski definition) is 1. The van der Waals surface area contributed by atoms with Gasteiger partial charge >= 0.3 is 11.9 Å². The summed E-state index contributed by atoms with van der Waals surface area (Å²) in [4.78, 5) is 23.6. The van der Waals surface area contributed by atoms with E-state index >= 15 is 0 Å². The number of ether oxygens (including phenoxy) is 2. The van der Waals surface area contributed by atoms with Crippen molar-refractivity contribution in [3.05, 3.63) is 27.7 Å². The maximum absolute atomic E-state index is 12.0. The Hall–Kier alpha value is -1.56. The Morgan fingerprint density at radius 1 is 1.48 bits per heavy atom. The molecule has 2 rings (SSSR count). The van der Waals surface area contributed by atoms with E-state index in [0.29, 0.717) is 17.9 Å². The number of fused-ring (bicyclic) bond motifs is 1. The van der Waals surface area contributed by atoms with E-state index in [1.165, 1.54) is 6.92 Å². The molecule has 1 aliphatic rings. The summed E-state index contributed by atoms with van der Waals surface area (Å²) in [5.41, 5.74) is 0.0991. The van der Waals surface area contributed by atoms with Gasteiger partial charge in [-0.05, 0) is 37.1 Å². The van der Waals surface area contributed by atoms with Crippen LogP contribution in [0.25, 0.3) is 0 Å². The molecule has 1 aromatic carbocycles. The number of rotatable bonds is 5. The molecule has 0 saturated heterocycles. The third kappa shape index (κ3) is 3.05. The highest BCUT2D eigenvalue weighted by atomic mass is 79.9. The Morgan fingerprint density at radius 3 is 2.81 bits per heavy atom. The summed E-state index contributed by atoms with van der Waals surface area (Å²) in [6.07, 6.45) is 0.813. The van der Waals surface area contributed by atoms with Crippen LogP contribution in [-0.2, 0) is 27.2 Å². The van der Waals surface area contributed by atoms with Crippen molar-refractivity contribution in [1.82, 2.24) is 0 Å². The molecule has 0 saturated carbocycles. The van der Waals surface area contributed by atoms with Crippen LogP contribution in [0.3, 0.4) is 0 Å². The van der Waals surface area contributed by atoms with E-state index in [-0.39, 0.29) is 13.0 Å². The van der Waals surface area contributed by atoms with Crippen LogP contribution >= 0.6 is 15.9 Å². The molecule has 1 atom stereocenters. The number of carbonyl (C=O) groups is 2. The van der Waals surface area contributed by atoms with Crippen LogP contribution in [-0.4, -0.2) is 30.3 Å². The SMILES string of the molecule is CCOC(=O)C(C)(Cc1cc(Br)cc2c1OCC2)C(=O)O. The van der Waals surface area contributed by atoms with Gasteiger partial charge in [-0.3, -0.25) is 9.59 Å². The Balaban J connectivity index is 2.38. The third-order valence-corrected chi connectivity index (χ3v) is 4.03. The smallest absolute Gasteiger partial charge is 0.323 e. The molecule has 1 heterocycles. The Kier molecular flexibility index (Phi) is 4.56. The maximum atomic E-state index is 12.0. The fraction of sp³-hybridized carbons (Fsp3) is 0.467. The van der Waals surface area contributed by atoms with E-state index in [0.717, 1.165) is 16.5 Å². The molecule has 1 aliphatic heterocycles. The molecule has 0 fully saturated rings. The van der Waals surface area contributed by atoms with Crippen molar-refractivity contribution in [2.75, 3.05) is 13.2 Å². The van der Waals surface area contributed by atoms with Crippen LogP contribution in [0.5, 0.6) is 5.75 Å². The predicted molar refractivity (Wildman–Crippen MR) is 79.4 cm³/mol. The number of halogens is 1. The van der Waals surface area contributed by atoms with Gasteiger partial charge in [0.2, 0.25) is 0 Å². The molecule has 1 aromatic rings. The maximum Gasteiger partial charge on any atom is 0.323 e. The van der Waals surface area contributed by atoms with E-state index in [1.807, 2.05) is 6.07 Å². The second-order valence-electron chi connectivity index (χ2n) is 5.19. The molecular weight excluding hydrogens is 340 g/mol. The lowest BCUT2D eigenvalue weighted by molar-refractivity contribution is -0.167.